The van der Waals surface area contributed by atoms with Crippen LogP contribution >= 0.6 is 22.6 Å². The Morgan fingerprint density at radius 2 is 2.16 bits per heavy atom. The van der Waals surface area contributed by atoms with Gasteiger partial charge in [-0.15, -0.1) is 0 Å². The number of hydrogen-bond acceptors (Lipinski definition) is 3. The van der Waals surface area contributed by atoms with E-state index in [2.05, 4.69) is 27.9 Å². The topological polar surface area (TPSA) is 59.8 Å². The molecule has 0 bridgehead atoms. The highest BCUT2D eigenvalue weighted by molar-refractivity contribution is 14.1. The second-order valence-corrected chi connectivity index (χ2v) is 5.82. The summed E-state index contributed by atoms with van der Waals surface area (Å²) >= 11 is 2.20. The second kappa shape index (κ2) is 6.33. The van der Waals surface area contributed by atoms with Crippen molar-refractivity contribution in [2.24, 2.45) is 0 Å². The highest BCUT2D eigenvalue weighted by atomic mass is 127. The summed E-state index contributed by atoms with van der Waals surface area (Å²) in [6, 6.07) is 7.12. The van der Waals surface area contributed by atoms with Gasteiger partial charge < -0.3 is 15.0 Å². The van der Waals surface area contributed by atoms with Crippen molar-refractivity contribution in [1.82, 2.24) is 0 Å². The van der Waals surface area contributed by atoms with Crippen molar-refractivity contribution in [3.05, 3.63) is 27.8 Å². The molecule has 0 aromatic heterocycles. The van der Waals surface area contributed by atoms with E-state index in [1.54, 1.807) is 0 Å². The molecule has 0 spiro atoms. The molecule has 102 valence electrons. The predicted molar refractivity (Wildman–Crippen MR) is 78.9 cm³/mol. The van der Waals surface area contributed by atoms with Gasteiger partial charge in [-0.05, 0) is 46.9 Å². The van der Waals surface area contributed by atoms with Gasteiger partial charge >= 0.3 is 5.97 Å². The molecule has 1 aliphatic heterocycles. The molecule has 0 saturated carbocycles. The molecule has 2 rings (SSSR count). The minimum Gasteiger partial charge on any atom is -0.455 e. The zero-order valence-corrected chi connectivity index (χ0v) is 12.8. The zero-order valence-electron chi connectivity index (χ0n) is 10.6. The lowest BCUT2D eigenvalue weighted by atomic mass is 10.1. The molecule has 1 aromatic rings. The number of rotatable bonds is 3. The van der Waals surface area contributed by atoms with Crippen LogP contribution in [0.5, 0.6) is 0 Å². The van der Waals surface area contributed by atoms with Crippen molar-refractivity contribution in [1.29, 1.82) is 0 Å². The van der Waals surface area contributed by atoms with Crippen molar-refractivity contribution in [2.45, 2.75) is 12.5 Å². The average Bonchev–Trinajstić information content (AvgIpc) is 2.37. The molecule has 1 amide bonds. The molecule has 1 aromatic carbocycles. The third-order valence-electron chi connectivity index (χ3n) is 3.14. The molecular weight excluding hydrogens is 359 g/mol. The molecule has 1 aliphatic rings. The normalized spacial score (nSPS) is 22.7. The Balaban J connectivity index is 1.93. The van der Waals surface area contributed by atoms with Crippen molar-refractivity contribution in [3.63, 3.8) is 0 Å². The van der Waals surface area contributed by atoms with Gasteiger partial charge in [-0.1, -0.05) is 0 Å². The minimum atomic E-state index is -0.405. The van der Waals surface area contributed by atoms with Crippen LogP contribution in [0.1, 0.15) is 6.42 Å². The van der Waals surface area contributed by atoms with Crippen molar-refractivity contribution < 1.29 is 19.2 Å². The monoisotopic (exact) mass is 375 g/mol. The molecule has 2 unspecified atom stereocenters. The van der Waals surface area contributed by atoms with Gasteiger partial charge in [0.1, 0.15) is 13.2 Å². The van der Waals surface area contributed by atoms with E-state index in [1.165, 1.54) is 0 Å². The summed E-state index contributed by atoms with van der Waals surface area (Å²) in [6.45, 7) is 1.17. The van der Waals surface area contributed by atoms with Crippen LogP contribution < -0.4 is 10.2 Å². The van der Waals surface area contributed by atoms with Crippen LogP contribution in [0.15, 0.2) is 24.3 Å². The maximum atomic E-state index is 11.9. The van der Waals surface area contributed by atoms with Gasteiger partial charge in [-0.25, -0.2) is 4.79 Å². The number of ether oxygens (including phenoxy) is 1. The number of quaternary nitrogens is 1. The fraction of sp³-hybridized carbons (Fsp3) is 0.385. The van der Waals surface area contributed by atoms with Gasteiger partial charge in [-0.3, -0.25) is 4.79 Å². The first-order valence-corrected chi connectivity index (χ1v) is 7.18. The van der Waals surface area contributed by atoms with E-state index in [-0.39, 0.29) is 18.3 Å². The van der Waals surface area contributed by atoms with E-state index in [0.717, 1.165) is 20.7 Å². The lowest BCUT2D eigenvalue weighted by Crippen LogP contribution is -3.16. The number of esters is 1. The van der Waals surface area contributed by atoms with Crippen molar-refractivity contribution >= 4 is 40.2 Å². The van der Waals surface area contributed by atoms with E-state index in [9.17, 15) is 9.59 Å². The van der Waals surface area contributed by atoms with E-state index >= 15 is 0 Å². The highest BCUT2D eigenvalue weighted by Gasteiger charge is 2.34. The number of hydrogen-bond donors (Lipinski definition) is 2. The van der Waals surface area contributed by atoms with Gasteiger partial charge in [0, 0.05) is 9.26 Å². The third-order valence-corrected chi connectivity index (χ3v) is 3.86. The molecular formula is C13H16IN2O3+. The van der Waals surface area contributed by atoms with Crippen LogP contribution in [0.4, 0.5) is 5.69 Å². The average molecular weight is 375 g/mol. The van der Waals surface area contributed by atoms with Crippen LogP contribution in [0.2, 0.25) is 0 Å². The molecule has 0 radical (unpaired) electrons. The van der Waals surface area contributed by atoms with Gasteiger partial charge in [0.05, 0.1) is 13.5 Å². The number of nitrogens with one attached hydrogen (secondary N) is 2. The van der Waals surface area contributed by atoms with Gasteiger partial charge in [0.15, 0.2) is 6.04 Å². The molecule has 1 fully saturated rings. The van der Waals surface area contributed by atoms with E-state index in [4.69, 9.17) is 4.74 Å². The summed E-state index contributed by atoms with van der Waals surface area (Å²) in [5.41, 5.74) is 0.743. The number of cyclic esters (lactones) is 1. The molecule has 0 aliphatic carbocycles. The molecule has 2 N–H and O–H groups in total. The third kappa shape index (κ3) is 3.90. The quantitative estimate of drug-likeness (QED) is 0.581. The first kappa shape index (κ1) is 14.3. The smallest absolute Gasteiger partial charge is 0.365 e. The Kier molecular flexibility index (Phi) is 4.76. The van der Waals surface area contributed by atoms with Gasteiger partial charge in [0.25, 0.3) is 0 Å². The molecule has 2 atom stereocenters. The maximum Gasteiger partial charge on any atom is 0.365 e. The number of carbonyl (C=O) groups excluding carboxylic acids is 2. The maximum absolute atomic E-state index is 11.9. The van der Waals surface area contributed by atoms with E-state index < -0.39 is 6.04 Å². The lowest BCUT2D eigenvalue weighted by Gasteiger charge is -2.27. The molecule has 1 heterocycles. The van der Waals surface area contributed by atoms with Crippen LogP contribution in [-0.2, 0) is 14.3 Å². The first-order valence-electron chi connectivity index (χ1n) is 6.10. The second-order valence-electron chi connectivity index (χ2n) is 4.58. The molecule has 6 heteroatoms. The highest BCUT2D eigenvalue weighted by Crippen LogP contribution is 2.11. The number of likely N-dealkylation sites (N-methyl/N-ethyl adjacent to an activating group) is 1. The largest absolute Gasteiger partial charge is 0.455 e. The standard InChI is InChI=1S/C13H15IN2O3/c1-16-6-7-19-13(18)11(16)8-12(17)15-10-4-2-9(14)3-5-10/h2-5,11H,6-8H2,1H3,(H,15,17)/p+1. The fourth-order valence-corrected chi connectivity index (χ4v) is 2.34. The molecule has 5 nitrogen and oxygen atoms in total. The molecule has 19 heavy (non-hydrogen) atoms. The van der Waals surface area contributed by atoms with E-state index in [0.29, 0.717) is 6.61 Å². The number of carbonyl (C=O) groups is 2. The molecule has 1 saturated heterocycles. The Morgan fingerprint density at radius 3 is 2.79 bits per heavy atom. The number of amides is 1. The fourth-order valence-electron chi connectivity index (χ4n) is 1.98. The Hall–Kier alpha value is -1.15. The Labute approximate surface area is 125 Å². The van der Waals surface area contributed by atoms with Gasteiger partial charge in [0.2, 0.25) is 5.91 Å². The van der Waals surface area contributed by atoms with Crippen LogP contribution in [0.25, 0.3) is 0 Å². The van der Waals surface area contributed by atoms with Gasteiger partial charge in [-0.2, -0.15) is 0 Å². The summed E-state index contributed by atoms with van der Waals surface area (Å²) in [5, 5.41) is 2.79. The lowest BCUT2D eigenvalue weighted by molar-refractivity contribution is -0.901. The van der Waals surface area contributed by atoms with Crippen molar-refractivity contribution in [3.8, 4) is 0 Å². The number of anilines is 1. The number of morpholine rings is 1. The van der Waals surface area contributed by atoms with Crippen LogP contribution in [0, 0.1) is 3.57 Å². The summed E-state index contributed by atoms with van der Waals surface area (Å²) < 4.78 is 6.09. The first-order chi connectivity index (χ1) is 9.06. The van der Waals surface area contributed by atoms with Crippen LogP contribution in [0.3, 0.4) is 0 Å². The predicted octanol–water partition coefficient (Wildman–Crippen LogP) is 0.0599. The van der Waals surface area contributed by atoms with Crippen molar-refractivity contribution in [2.75, 3.05) is 25.5 Å². The summed E-state index contributed by atoms with van der Waals surface area (Å²) in [7, 11) is 1.91. The summed E-state index contributed by atoms with van der Waals surface area (Å²) in [4.78, 5) is 24.6. The number of halogens is 1. The Bertz CT molecular complexity index is 475. The zero-order chi connectivity index (χ0) is 13.8. The SMILES string of the molecule is C[NH+]1CCOC(=O)C1CC(=O)Nc1ccc(I)cc1. The minimum absolute atomic E-state index is 0.149. The summed E-state index contributed by atoms with van der Waals surface area (Å²) in [5.74, 6) is -0.453. The van der Waals surface area contributed by atoms with E-state index in [1.807, 2.05) is 31.3 Å². The Morgan fingerprint density at radius 1 is 1.47 bits per heavy atom. The number of benzene rings is 1. The summed E-state index contributed by atoms with van der Waals surface area (Å²) in [6.07, 6.45) is 0.149. The van der Waals surface area contributed by atoms with Crippen LogP contribution in [-0.4, -0.2) is 38.1 Å².